The molecule has 102 valence electrons. The van der Waals surface area contributed by atoms with Crippen molar-refractivity contribution in [2.45, 2.75) is 19.3 Å². The van der Waals surface area contributed by atoms with Crippen LogP contribution in [0.15, 0.2) is 55.0 Å². The lowest BCUT2D eigenvalue weighted by Gasteiger charge is -2.20. The Labute approximate surface area is 123 Å². The van der Waals surface area contributed by atoms with Crippen molar-refractivity contribution < 1.29 is 0 Å². The third-order valence-corrected chi connectivity index (χ3v) is 4.03. The molecule has 0 atom stereocenters. The van der Waals surface area contributed by atoms with Crippen molar-refractivity contribution in [1.29, 1.82) is 0 Å². The largest absolute Gasteiger partial charge is 0.261 e. The van der Waals surface area contributed by atoms with Crippen LogP contribution >= 0.6 is 0 Å². The molecular formula is C18H15N3. The van der Waals surface area contributed by atoms with Gasteiger partial charge >= 0.3 is 0 Å². The van der Waals surface area contributed by atoms with Crippen LogP contribution in [-0.2, 0) is 19.3 Å². The summed E-state index contributed by atoms with van der Waals surface area (Å²) < 4.78 is 0. The van der Waals surface area contributed by atoms with E-state index in [1.807, 2.05) is 24.4 Å². The van der Waals surface area contributed by atoms with Gasteiger partial charge in [-0.15, -0.1) is 0 Å². The fourth-order valence-corrected chi connectivity index (χ4v) is 3.00. The number of hydrogen-bond acceptors (Lipinski definition) is 3. The highest BCUT2D eigenvalue weighted by Gasteiger charge is 2.20. The average Bonchev–Trinajstić information content (AvgIpc) is 2.56. The molecule has 0 saturated carbocycles. The summed E-state index contributed by atoms with van der Waals surface area (Å²) in [6.45, 7) is 0. The number of hydrogen-bond donors (Lipinski definition) is 0. The third kappa shape index (κ3) is 2.21. The summed E-state index contributed by atoms with van der Waals surface area (Å²) >= 11 is 0. The van der Waals surface area contributed by atoms with E-state index < -0.39 is 0 Å². The molecule has 0 radical (unpaired) electrons. The van der Waals surface area contributed by atoms with E-state index in [-0.39, 0.29) is 0 Å². The van der Waals surface area contributed by atoms with Crippen molar-refractivity contribution >= 4 is 0 Å². The number of pyridine rings is 1. The first-order valence-electron chi connectivity index (χ1n) is 7.23. The molecule has 1 aliphatic rings. The lowest BCUT2D eigenvalue weighted by molar-refractivity contribution is 0.864. The first kappa shape index (κ1) is 12.2. The smallest absolute Gasteiger partial charge is 0.116 e. The lowest BCUT2D eigenvalue weighted by Crippen LogP contribution is -2.11. The van der Waals surface area contributed by atoms with E-state index in [0.717, 1.165) is 36.3 Å². The van der Waals surface area contributed by atoms with Crippen molar-refractivity contribution in [2.75, 3.05) is 0 Å². The number of aromatic nitrogens is 3. The molecule has 0 saturated heterocycles. The van der Waals surface area contributed by atoms with Gasteiger partial charge < -0.3 is 0 Å². The molecule has 3 nitrogen and oxygen atoms in total. The van der Waals surface area contributed by atoms with Crippen molar-refractivity contribution in [1.82, 2.24) is 15.0 Å². The zero-order chi connectivity index (χ0) is 14.1. The van der Waals surface area contributed by atoms with Crippen LogP contribution in [0.25, 0.3) is 11.3 Å². The molecular weight excluding hydrogens is 258 g/mol. The fourth-order valence-electron chi connectivity index (χ4n) is 3.00. The number of fused-ring (bicyclic) bond motifs is 3. The Hall–Kier alpha value is -2.55. The SMILES string of the molecule is c1ccc(Cc2ncnc3c2CCc2ccccc2-3)nc1. The maximum Gasteiger partial charge on any atom is 0.116 e. The van der Waals surface area contributed by atoms with Crippen LogP contribution in [0.3, 0.4) is 0 Å². The molecule has 1 aliphatic carbocycles. The molecule has 21 heavy (non-hydrogen) atoms. The van der Waals surface area contributed by atoms with Crippen LogP contribution < -0.4 is 0 Å². The van der Waals surface area contributed by atoms with Gasteiger partial charge in [0.15, 0.2) is 0 Å². The van der Waals surface area contributed by atoms with Crippen LogP contribution in [-0.4, -0.2) is 15.0 Å². The summed E-state index contributed by atoms with van der Waals surface area (Å²) in [5.74, 6) is 0. The van der Waals surface area contributed by atoms with Crippen molar-refractivity contribution in [3.8, 4) is 11.3 Å². The Morgan fingerprint density at radius 2 is 1.76 bits per heavy atom. The molecule has 4 rings (SSSR count). The summed E-state index contributed by atoms with van der Waals surface area (Å²) in [6.07, 6.45) is 6.35. The molecule has 0 unspecified atom stereocenters. The van der Waals surface area contributed by atoms with E-state index in [4.69, 9.17) is 0 Å². The number of benzene rings is 1. The van der Waals surface area contributed by atoms with Crippen LogP contribution in [0.2, 0.25) is 0 Å². The first-order valence-corrected chi connectivity index (χ1v) is 7.23. The quantitative estimate of drug-likeness (QED) is 0.719. The molecule has 1 aromatic carbocycles. The molecule has 0 aliphatic heterocycles. The Kier molecular flexibility index (Phi) is 2.96. The Morgan fingerprint density at radius 3 is 2.67 bits per heavy atom. The monoisotopic (exact) mass is 273 g/mol. The van der Waals surface area contributed by atoms with Gasteiger partial charge in [0, 0.05) is 29.4 Å². The molecule has 2 heterocycles. The normalized spacial score (nSPS) is 12.6. The van der Waals surface area contributed by atoms with E-state index in [0.29, 0.717) is 0 Å². The number of rotatable bonds is 2. The van der Waals surface area contributed by atoms with Gasteiger partial charge in [0.2, 0.25) is 0 Å². The second-order valence-electron chi connectivity index (χ2n) is 5.30. The molecule has 0 spiro atoms. The molecule has 0 amide bonds. The highest BCUT2D eigenvalue weighted by molar-refractivity contribution is 5.70. The van der Waals surface area contributed by atoms with Crippen LogP contribution in [0, 0.1) is 0 Å². The number of nitrogens with zero attached hydrogens (tertiary/aromatic N) is 3. The van der Waals surface area contributed by atoms with Crippen LogP contribution in [0.5, 0.6) is 0 Å². The Balaban J connectivity index is 1.79. The fraction of sp³-hybridized carbons (Fsp3) is 0.167. The highest BCUT2D eigenvalue weighted by Crippen LogP contribution is 2.33. The van der Waals surface area contributed by atoms with E-state index in [1.54, 1.807) is 6.33 Å². The van der Waals surface area contributed by atoms with Gasteiger partial charge in [-0.3, -0.25) is 4.98 Å². The predicted molar refractivity (Wildman–Crippen MR) is 81.9 cm³/mol. The van der Waals surface area contributed by atoms with Gasteiger partial charge in [-0.05, 0) is 30.5 Å². The van der Waals surface area contributed by atoms with E-state index in [2.05, 4.69) is 39.2 Å². The molecule has 3 heteroatoms. The van der Waals surface area contributed by atoms with Gasteiger partial charge in [-0.1, -0.05) is 30.3 Å². The van der Waals surface area contributed by atoms with Crippen LogP contribution in [0.1, 0.15) is 22.5 Å². The minimum atomic E-state index is 0.772. The van der Waals surface area contributed by atoms with Crippen molar-refractivity contribution in [3.63, 3.8) is 0 Å². The zero-order valence-corrected chi connectivity index (χ0v) is 11.7. The number of aryl methyl sites for hydroxylation is 1. The van der Waals surface area contributed by atoms with Crippen LogP contribution in [0.4, 0.5) is 0 Å². The molecule has 0 bridgehead atoms. The topological polar surface area (TPSA) is 38.7 Å². The summed E-state index contributed by atoms with van der Waals surface area (Å²) in [7, 11) is 0. The predicted octanol–water partition coefficient (Wildman–Crippen LogP) is 3.23. The van der Waals surface area contributed by atoms with Gasteiger partial charge in [0.05, 0.1) is 11.4 Å². The van der Waals surface area contributed by atoms with E-state index >= 15 is 0 Å². The van der Waals surface area contributed by atoms with Crippen molar-refractivity contribution in [3.05, 3.63) is 77.5 Å². The third-order valence-electron chi connectivity index (χ3n) is 4.03. The summed E-state index contributed by atoms with van der Waals surface area (Å²) in [4.78, 5) is 13.4. The van der Waals surface area contributed by atoms with E-state index in [9.17, 15) is 0 Å². The second-order valence-corrected chi connectivity index (χ2v) is 5.30. The molecule has 0 fully saturated rings. The lowest BCUT2D eigenvalue weighted by atomic mass is 9.87. The van der Waals surface area contributed by atoms with Gasteiger partial charge in [-0.2, -0.15) is 0 Å². The van der Waals surface area contributed by atoms with Gasteiger partial charge in [0.25, 0.3) is 0 Å². The van der Waals surface area contributed by atoms with Gasteiger partial charge in [-0.25, -0.2) is 9.97 Å². The average molecular weight is 273 g/mol. The first-order chi connectivity index (χ1) is 10.4. The summed E-state index contributed by atoms with van der Waals surface area (Å²) in [5, 5.41) is 0. The van der Waals surface area contributed by atoms with Gasteiger partial charge in [0.1, 0.15) is 6.33 Å². The maximum atomic E-state index is 4.53. The molecule has 3 aromatic rings. The highest BCUT2D eigenvalue weighted by atomic mass is 14.9. The maximum absolute atomic E-state index is 4.53. The zero-order valence-electron chi connectivity index (χ0n) is 11.7. The Bertz CT molecular complexity index is 781. The molecule has 2 aromatic heterocycles. The van der Waals surface area contributed by atoms with Crippen molar-refractivity contribution in [2.24, 2.45) is 0 Å². The minimum absolute atomic E-state index is 0.772. The second kappa shape index (κ2) is 5.09. The Morgan fingerprint density at radius 1 is 0.857 bits per heavy atom. The summed E-state index contributed by atoms with van der Waals surface area (Å²) in [6, 6.07) is 14.5. The standard InChI is InChI=1S/C18H15N3/c1-2-7-15-13(5-1)8-9-16-17(20-12-21-18(15)16)11-14-6-3-4-10-19-14/h1-7,10,12H,8-9,11H2. The van der Waals surface area contributed by atoms with E-state index in [1.165, 1.54) is 16.7 Å². The minimum Gasteiger partial charge on any atom is -0.261 e. The molecule has 0 N–H and O–H groups in total. The summed E-state index contributed by atoms with van der Waals surface area (Å²) in [5.41, 5.74) is 7.17.